The minimum absolute atomic E-state index is 0.0923. The van der Waals surface area contributed by atoms with Crippen LogP contribution in [0.1, 0.15) is 15.9 Å². The molecule has 3 nitrogen and oxygen atoms in total. The van der Waals surface area contributed by atoms with Crippen LogP contribution < -0.4 is 9.47 Å². The van der Waals surface area contributed by atoms with Gasteiger partial charge in [-0.05, 0) is 58.6 Å². The average molecular weight is 367 g/mol. The van der Waals surface area contributed by atoms with Gasteiger partial charge < -0.3 is 9.47 Å². The Morgan fingerprint density at radius 3 is 2.19 bits per heavy atom. The third kappa shape index (κ3) is 3.41. The van der Waals surface area contributed by atoms with Crippen LogP contribution in [0.2, 0.25) is 0 Å². The van der Waals surface area contributed by atoms with Crippen molar-refractivity contribution in [2.24, 2.45) is 0 Å². The molecule has 0 spiro atoms. The van der Waals surface area contributed by atoms with Crippen molar-refractivity contribution in [2.75, 3.05) is 20.5 Å². The van der Waals surface area contributed by atoms with Gasteiger partial charge in [0.1, 0.15) is 11.5 Å². The van der Waals surface area contributed by atoms with E-state index in [1.54, 1.807) is 38.1 Å². The summed E-state index contributed by atoms with van der Waals surface area (Å²) in [6.45, 7) is 0. The molecule has 0 fully saturated rings. The average Bonchev–Trinajstić information content (AvgIpc) is 2.54. The van der Waals surface area contributed by atoms with Crippen LogP contribution in [0.5, 0.6) is 11.5 Å². The van der Waals surface area contributed by atoms with Crippen LogP contribution in [0, 0.1) is 0 Å². The van der Waals surface area contributed by atoms with Crippen LogP contribution >= 0.6 is 27.7 Å². The zero-order valence-electron chi connectivity index (χ0n) is 12.0. The zero-order valence-corrected chi connectivity index (χ0v) is 14.4. The van der Waals surface area contributed by atoms with Gasteiger partial charge in [0.15, 0.2) is 5.78 Å². The second-order valence-electron chi connectivity index (χ2n) is 4.24. The Morgan fingerprint density at radius 1 is 1.05 bits per heavy atom. The molecule has 0 aliphatic carbocycles. The number of methoxy groups -OCH3 is 2. The predicted molar refractivity (Wildman–Crippen MR) is 88.9 cm³/mol. The molecule has 0 atom stereocenters. The monoisotopic (exact) mass is 366 g/mol. The molecule has 0 radical (unpaired) electrons. The van der Waals surface area contributed by atoms with Crippen molar-refractivity contribution in [3.05, 3.63) is 52.0 Å². The second-order valence-corrected chi connectivity index (χ2v) is 5.98. The molecule has 0 aromatic heterocycles. The number of carbonyl (C=O) groups is 1. The lowest BCUT2D eigenvalue weighted by atomic mass is 10.0. The summed E-state index contributed by atoms with van der Waals surface area (Å²) in [6, 6.07) is 10.9. The van der Waals surface area contributed by atoms with Gasteiger partial charge in [0.25, 0.3) is 0 Å². The van der Waals surface area contributed by atoms with Crippen molar-refractivity contribution >= 4 is 33.5 Å². The van der Waals surface area contributed by atoms with Gasteiger partial charge in [-0.15, -0.1) is 11.8 Å². The van der Waals surface area contributed by atoms with Crippen molar-refractivity contribution in [3.63, 3.8) is 0 Å². The number of benzene rings is 2. The maximum Gasteiger partial charge on any atom is 0.196 e. The van der Waals surface area contributed by atoms with E-state index in [-0.39, 0.29) is 5.78 Å². The lowest BCUT2D eigenvalue weighted by Crippen LogP contribution is -2.05. The molecular formula is C16H15BrO3S. The Morgan fingerprint density at radius 2 is 1.67 bits per heavy atom. The van der Waals surface area contributed by atoms with Crippen molar-refractivity contribution < 1.29 is 14.3 Å². The summed E-state index contributed by atoms with van der Waals surface area (Å²) >= 11 is 5.03. The van der Waals surface area contributed by atoms with Crippen molar-refractivity contribution in [1.29, 1.82) is 0 Å². The highest BCUT2D eigenvalue weighted by molar-refractivity contribution is 9.10. The SMILES string of the molecule is COc1cc(C(=O)c2ccc(SC)cc2)c(OC)cc1Br. The molecule has 0 amide bonds. The molecule has 2 aromatic rings. The summed E-state index contributed by atoms with van der Waals surface area (Å²) < 4.78 is 11.3. The Kier molecular flexibility index (Phi) is 5.31. The Balaban J connectivity index is 2.45. The van der Waals surface area contributed by atoms with Gasteiger partial charge in [0, 0.05) is 10.5 Å². The first-order valence-corrected chi connectivity index (χ1v) is 8.22. The molecule has 2 aromatic carbocycles. The zero-order chi connectivity index (χ0) is 15.4. The first kappa shape index (κ1) is 15.9. The van der Waals surface area contributed by atoms with E-state index in [0.717, 1.165) is 9.37 Å². The maximum atomic E-state index is 12.6. The van der Waals surface area contributed by atoms with Gasteiger partial charge in [-0.3, -0.25) is 4.79 Å². The molecule has 2 rings (SSSR count). The number of thioether (sulfide) groups is 1. The number of rotatable bonds is 5. The molecule has 0 saturated carbocycles. The highest BCUT2D eigenvalue weighted by atomic mass is 79.9. The Labute approximate surface area is 136 Å². The van der Waals surface area contributed by atoms with Crippen molar-refractivity contribution in [2.45, 2.75) is 4.90 Å². The maximum absolute atomic E-state index is 12.6. The molecular weight excluding hydrogens is 352 g/mol. The van der Waals surface area contributed by atoms with Gasteiger partial charge in [-0.25, -0.2) is 0 Å². The topological polar surface area (TPSA) is 35.5 Å². The molecule has 0 unspecified atom stereocenters. The molecule has 0 aliphatic rings. The lowest BCUT2D eigenvalue weighted by Gasteiger charge is -2.11. The molecule has 0 heterocycles. The van der Waals surface area contributed by atoms with Crippen molar-refractivity contribution in [3.8, 4) is 11.5 Å². The quantitative estimate of drug-likeness (QED) is 0.579. The van der Waals surface area contributed by atoms with Crippen LogP contribution in [0.4, 0.5) is 0 Å². The summed E-state index contributed by atoms with van der Waals surface area (Å²) in [6.07, 6.45) is 2.00. The van der Waals surface area contributed by atoms with E-state index in [9.17, 15) is 4.79 Å². The van der Waals surface area contributed by atoms with E-state index < -0.39 is 0 Å². The van der Waals surface area contributed by atoms with Crippen LogP contribution in [0.3, 0.4) is 0 Å². The van der Waals surface area contributed by atoms with E-state index in [0.29, 0.717) is 22.6 Å². The summed E-state index contributed by atoms with van der Waals surface area (Å²) in [5.74, 6) is 1.02. The number of ketones is 1. The fraction of sp³-hybridized carbons (Fsp3) is 0.188. The van der Waals surface area contributed by atoms with E-state index in [1.165, 1.54) is 0 Å². The number of carbonyl (C=O) groups excluding carboxylic acids is 1. The van der Waals surface area contributed by atoms with E-state index in [2.05, 4.69) is 15.9 Å². The molecule has 21 heavy (non-hydrogen) atoms. The number of ether oxygens (including phenoxy) is 2. The molecule has 0 aliphatic heterocycles. The third-order valence-corrected chi connectivity index (χ3v) is 4.43. The Hall–Kier alpha value is -1.46. The molecule has 0 N–H and O–H groups in total. The fourth-order valence-electron chi connectivity index (χ4n) is 1.94. The number of hydrogen-bond acceptors (Lipinski definition) is 4. The minimum Gasteiger partial charge on any atom is -0.496 e. The molecule has 110 valence electrons. The second kappa shape index (κ2) is 7.00. The summed E-state index contributed by atoms with van der Waals surface area (Å²) in [7, 11) is 3.11. The number of halogens is 1. The van der Waals surface area contributed by atoms with Crippen LogP contribution in [-0.2, 0) is 0 Å². The van der Waals surface area contributed by atoms with Gasteiger partial charge in [0.05, 0.1) is 24.3 Å². The standard InChI is InChI=1S/C16H15BrO3S/c1-19-14-9-13(17)15(20-2)8-12(14)16(18)10-4-6-11(21-3)7-5-10/h4-9H,1-3H3. The van der Waals surface area contributed by atoms with Crippen molar-refractivity contribution in [1.82, 2.24) is 0 Å². The molecule has 5 heteroatoms. The third-order valence-electron chi connectivity index (χ3n) is 3.07. The largest absolute Gasteiger partial charge is 0.496 e. The van der Waals surface area contributed by atoms with Gasteiger partial charge >= 0.3 is 0 Å². The van der Waals surface area contributed by atoms with Gasteiger partial charge in [0.2, 0.25) is 0 Å². The highest BCUT2D eigenvalue weighted by Crippen LogP contribution is 2.34. The minimum atomic E-state index is -0.0923. The molecule has 0 bridgehead atoms. The van der Waals surface area contributed by atoms with Crippen LogP contribution in [0.25, 0.3) is 0 Å². The Bertz CT molecular complexity index is 653. The van der Waals surface area contributed by atoms with E-state index in [4.69, 9.17) is 9.47 Å². The van der Waals surface area contributed by atoms with E-state index in [1.807, 2.05) is 30.5 Å². The fourth-order valence-corrected chi connectivity index (χ4v) is 2.83. The summed E-state index contributed by atoms with van der Waals surface area (Å²) in [5, 5.41) is 0. The van der Waals surface area contributed by atoms with Crippen LogP contribution in [0.15, 0.2) is 45.8 Å². The number of hydrogen-bond donors (Lipinski definition) is 0. The van der Waals surface area contributed by atoms with Gasteiger partial charge in [-0.2, -0.15) is 0 Å². The lowest BCUT2D eigenvalue weighted by molar-refractivity contribution is 0.103. The van der Waals surface area contributed by atoms with Gasteiger partial charge in [-0.1, -0.05) is 0 Å². The smallest absolute Gasteiger partial charge is 0.196 e. The first-order valence-electron chi connectivity index (χ1n) is 6.21. The first-order chi connectivity index (χ1) is 10.1. The highest BCUT2D eigenvalue weighted by Gasteiger charge is 2.17. The summed E-state index contributed by atoms with van der Waals surface area (Å²) in [5.41, 5.74) is 1.10. The summed E-state index contributed by atoms with van der Waals surface area (Å²) in [4.78, 5) is 13.8. The normalized spacial score (nSPS) is 10.3. The predicted octanol–water partition coefficient (Wildman–Crippen LogP) is 4.42. The van der Waals surface area contributed by atoms with Crippen LogP contribution in [-0.4, -0.2) is 26.3 Å². The molecule has 0 saturated heterocycles. The van der Waals surface area contributed by atoms with E-state index >= 15 is 0 Å².